The second kappa shape index (κ2) is 10.8. The van der Waals surface area contributed by atoms with E-state index in [1.165, 1.54) is 6.33 Å². The van der Waals surface area contributed by atoms with E-state index in [0.717, 1.165) is 22.0 Å². The van der Waals surface area contributed by atoms with Crippen LogP contribution >= 0.6 is 0 Å². The summed E-state index contributed by atoms with van der Waals surface area (Å²) in [6.45, 7) is 0.696. The van der Waals surface area contributed by atoms with Crippen molar-refractivity contribution in [3.8, 4) is 6.07 Å². The van der Waals surface area contributed by atoms with E-state index in [-0.39, 0.29) is 19.0 Å². The topological polar surface area (TPSA) is 177 Å². The molecule has 1 aliphatic rings. The summed E-state index contributed by atoms with van der Waals surface area (Å²) in [4.78, 5) is 17.3. The van der Waals surface area contributed by atoms with Gasteiger partial charge in [-0.2, -0.15) is 5.26 Å². The molecule has 2 aromatic carbocycles. The van der Waals surface area contributed by atoms with E-state index in [0.29, 0.717) is 29.2 Å². The maximum Gasteiger partial charge on any atom is 0.207 e. The number of benzene rings is 2. The standard InChI is InChI=1S/C28H26N8O4/c29-11-16-3-5-17(6-4-16)13-39-14-21-23(37)24(38)27(40-21)36-26-22(25(30)33-15-34-26)35-28(36)32-12-18-7-8-20-19(10-18)2-1-9-31-20/h1-10,15,21,23-24,27,37-38H,12-14H2,(H,32,35)(H2,30,33,34)/t21-,23-,24-,27-/m1/s1. The van der Waals surface area contributed by atoms with Crippen molar-refractivity contribution in [2.45, 2.75) is 37.7 Å². The number of anilines is 2. The van der Waals surface area contributed by atoms with E-state index >= 15 is 0 Å². The number of nitrogens with two attached hydrogens (primary N) is 1. The maximum absolute atomic E-state index is 11.0. The van der Waals surface area contributed by atoms with Gasteiger partial charge in [-0.3, -0.25) is 9.55 Å². The van der Waals surface area contributed by atoms with Gasteiger partial charge in [-0.1, -0.05) is 24.3 Å². The van der Waals surface area contributed by atoms with E-state index in [1.54, 1.807) is 35.0 Å². The van der Waals surface area contributed by atoms with Gasteiger partial charge in [0.1, 0.15) is 24.6 Å². The van der Waals surface area contributed by atoms with Crippen molar-refractivity contribution in [3.05, 3.63) is 83.8 Å². The molecule has 6 rings (SSSR count). The fourth-order valence-electron chi connectivity index (χ4n) is 4.76. The number of nitrogens with zero attached hydrogens (tertiary/aromatic N) is 6. The van der Waals surface area contributed by atoms with Gasteiger partial charge in [0.25, 0.3) is 0 Å². The summed E-state index contributed by atoms with van der Waals surface area (Å²) in [5.74, 6) is 0.530. The Morgan fingerprint density at radius 1 is 1.05 bits per heavy atom. The van der Waals surface area contributed by atoms with Gasteiger partial charge in [0.15, 0.2) is 23.2 Å². The first-order valence-corrected chi connectivity index (χ1v) is 12.7. The molecule has 12 heteroatoms. The highest BCUT2D eigenvalue weighted by Gasteiger charge is 2.45. The van der Waals surface area contributed by atoms with Crippen LogP contribution in [0.2, 0.25) is 0 Å². The Morgan fingerprint density at radius 3 is 2.70 bits per heavy atom. The molecular formula is C28H26N8O4. The molecule has 4 atom stereocenters. The smallest absolute Gasteiger partial charge is 0.207 e. The predicted molar refractivity (Wildman–Crippen MR) is 146 cm³/mol. The summed E-state index contributed by atoms with van der Waals surface area (Å²) in [6, 6.07) is 18.9. The molecule has 5 N–H and O–H groups in total. The summed E-state index contributed by atoms with van der Waals surface area (Å²) in [6.07, 6.45) is -1.27. The first-order chi connectivity index (χ1) is 19.5. The van der Waals surface area contributed by atoms with Crippen LogP contribution in [-0.4, -0.2) is 59.6 Å². The first kappa shape index (κ1) is 25.6. The monoisotopic (exact) mass is 538 g/mol. The molecule has 0 saturated carbocycles. The molecule has 0 unspecified atom stereocenters. The molecule has 0 aliphatic carbocycles. The van der Waals surface area contributed by atoms with Crippen LogP contribution in [0, 0.1) is 11.3 Å². The molecule has 40 heavy (non-hydrogen) atoms. The Kier molecular flexibility index (Phi) is 6.93. The fraction of sp³-hybridized carbons (Fsp3) is 0.250. The highest BCUT2D eigenvalue weighted by atomic mass is 16.6. The van der Waals surface area contributed by atoms with Crippen LogP contribution in [0.4, 0.5) is 11.8 Å². The third kappa shape index (κ3) is 4.90. The zero-order chi connectivity index (χ0) is 27.6. The average molecular weight is 539 g/mol. The molecule has 0 bridgehead atoms. The number of rotatable bonds is 8. The van der Waals surface area contributed by atoms with E-state index in [2.05, 4.69) is 31.3 Å². The minimum Gasteiger partial charge on any atom is -0.387 e. The van der Waals surface area contributed by atoms with E-state index in [4.69, 9.17) is 20.5 Å². The van der Waals surface area contributed by atoms with Crippen molar-refractivity contribution in [1.29, 1.82) is 5.26 Å². The van der Waals surface area contributed by atoms with Gasteiger partial charge < -0.3 is 30.7 Å². The van der Waals surface area contributed by atoms with Gasteiger partial charge in [0, 0.05) is 18.1 Å². The number of nitrogen functional groups attached to an aromatic ring is 1. The molecule has 0 amide bonds. The summed E-state index contributed by atoms with van der Waals surface area (Å²) in [5.41, 5.74) is 10.1. The van der Waals surface area contributed by atoms with Crippen LogP contribution in [0.3, 0.4) is 0 Å². The van der Waals surface area contributed by atoms with Crippen LogP contribution in [0.25, 0.3) is 22.1 Å². The molecular weight excluding hydrogens is 512 g/mol. The highest BCUT2D eigenvalue weighted by molar-refractivity contribution is 5.84. The van der Waals surface area contributed by atoms with Crippen LogP contribution in [0.5, 0.6) is 0 Å². The second-order valence-corrected chi connectivity index (χ2v) is 9.49. The molecule has 12 nitrogen and oxygen atoms in total. The average Bonchev–Trinajstić information content (AvgIpc) is 3.49. The van der Waals surface area contributed by atoms with Crippen LogP contribution in [0.15, 0.2) is 67.1 Å². The number of aromatic nitrogens is 5. The van der Waals surface area contributed by atoms with Crippen molar-refractivity contribution in [2.24, 2.45) is 0 Å². The normalized spacial score (nSPS) is 20.6. The third-order valence-corrected chi connectivity index (χ3v) is 6.85. The molecule has 1 saturated heterocycles. The highest BCUT2D eigenvalue weighted by Crippen LogP contribution is 2.35. The largest absolute Gasteiger partial charge is 0.387 e. The Labute approximate surface area is 228 Å². The van der Waals surface area contributed by atoms with E-state index in [9.17, 15) is 10.2 Å². The second-order valence-electron chi connectivity index (χ2n) is 9.49. The van der Waals surface area contributed by atoms with E-state index in [1.807, 2.05) is 30.3 Å². The van der Waals surface area contributed by atoms with E-state index < -0.39 is 24.5 Å². The summed E-state index contributed by atoms with van der Waals surface area (Å²) >= 11 is 0. The number of aliphatic hydroxyl groups is 2. The number of imidazole rings is 1. The van der Waals surface area contributed by atoms with Gasteiger partial charge in [-0.25, -0.2) is 15.0 Å². The minimum absolute atomic E-state index is 0.0341. The number of pyridine rings is 1. The number of ether oxygens (including phenoxy) is 2. The van der Waals surface area contributed by atoms with Crippen LogP contribution in [0.1, 0.15) is 22.9 Å². The van der Waals surface area contributed by atoms with Gasteiger partial charge in [-0.05, 0) is 41.5 Å². The quantitative estimate of drug-likeness (QED) is 0.228. The molecule has 1 aliphatic heterocycles. The van der Waals surface area contributed by atoms with Crippen molar-refractivity contribution >= 4 is 33.8 Å². The summed E-state index contributed by atoms with van der Waals surface area (Å²) in [7, 11) is 0. The van der Waals surface area contributed by atoms with Gasteiger partial charge in [0.2, 0.25) is 5.95 Å². The Bertz CT molecular complexity index is 1700. The van der Waals surface area contributed by atoms with Crippen molar-refractivity contribution < 1.29 is 19.7 Å². The molecule has 0 spiro atoms. The van der Waals surface area contributed by atoms with Gasteiger partial charge in [0.05, 0.1) is 30.4 Å². The number of nitriles is 1. The lowest BCUT2D eigenvalue weighted by Crippen LogP contribution is -2.34. The molecule has 3 aromatic heterocycles. The lowest BCUT2D eigenvalue weighted by atomic mass is 10.1. The third-order valence-electron chi connectivity index (χ3n) is 6.85. The minimum atomic E-state index is -1.29. The molecule has 4 heterocycles. The number of aliphatic hydroxyl groups excluding tert-OH is 2. The van der Waals surface area contributed by atoms with Crippen LogP contribution < -0.4 is 11.1 Å². The molecule has 202 valence electrons. The SMILES string of the molecule is N#Cc1ccc(COC[C@H]2O[C@@H](n3c(NCc4ccc5ncccc5c4)nc4c(N)ncnc43)[C@H](O)[C@@H]2O)cc1. The predicted octanol–water partition coefficient (Wildman–Crippen LogP) is 2.28. The van der Waals surface area contributed by atoms with Gasteiger partial charge in [-0.15, -0.1) is 0 Å². The zero-order valence-electron chi connectivity index (χ0n) is 21.3. The number of nitrogens with one attached hydrogen (secondary N) is 1. The number of fused-ring (bicyclic) bond motifs is 2. The fourth-order valence-corrected chi connectivity index (χ4v) is 4.76. The number of hydrogen-bond acceptors (Lipinski definition) is 11. The summed E-state index contributed by atoms with van der Waals surface area (Å²) < 4.78 is 13.5. The lowest BCUT2D eigenvalue weighted by Gasteiger charge is -2.20. The Hall–Kier alpha value is -4.67. The summed E-state index contributed by atoms with van der Waals surface area (Å²) in [5, 5.41) is 35.1. The van der Waals surface area contributed by atoms with Crippen molar-refractivity contribution in [1.82, 2.24) is 24.5 Å². The van der Waals surface area contributed by atoms with Crippen LogP contribution in [-0.2, 0) is 22.6 Å². The Morgan fingerprint density at radius 2 is 1.88 bits per heavy atom. The van der Waals surface area contributed by atoms with Crippen molar-refractivity contribution in [3.63, 3.8) is 0 Å². The first-order valence-electron chi connectivity index (χ1n) is 12.7. The Balaban J connectivity index is 1.22. The van der Waals surface area contributed by atoms with Crippen molar-refractivity contribution in [2.75, 3.05) is 17.7 Å². The lowest BCUT2D eigenvalue weighted by molar-refractivity contribution is -0.0675. The zero-order valence-corrected chi connectivity index (χ0v) is 21.3. The molecule has 0 radical (unpaired) electrons. The van der Waals surface area contributed by atoms with Gasteiger partial charge >= 0.3 is 0 Å². The number of hydrogen-bond donors (Lipinski definition) is 4. The maximum atomic E-state index is 11.0. The molecule has 1 fully saturated rings. The molecule has 5 aromatic rings.